The molecule has 0 bridgehead atoms. The molecule has 3 amide bonds. The van der Waals surface area contributed by atoms with Gasteiger partial charge in [-0.1, -0.05) is 12.1 Å². The van der Waals surface area contributed by atoms with Gasteiger partial charge < -0.3 is 16.4 Å². The molecule has 0 aliphatic rings. The summed E-state index contributed by atoms with van der Waals surface area (Å²) in [5, 5.41) is 5.25. The fourth-order valence-corrected chi connectivity index (χ4v) is 1.63. The SMILES string of the molecule is NC(=O)Nc1ccc(CNC(=O)c2cccnc2)cc1. The Morgan fingerprint density at radius 1 is 1.15 bits per heavy atom. The molecule has 0 aliphatic carbocycles. The number of pyridine rings is 1. The van der Waals surface area contributed by atoms with Gasteiger partial charge in [0.05, 0.1) is 5.56 Å². The largest absolute Gasteiger partial charge is 0.351 e. The molecule has 102 valence electrons. The Morgan fingerprint density at radius 3 is 2.50 bits per heavy atom. The molecule has 0 fully saturated rings. The van der Waals surface area contributed by atoms with Crippen molar-refractivity contribution in [3.05, 3.63) is 59.9 Å². The summed E-state index contributed by atoms with van der Waals surface area (Å²) < 4.78 is 0. The normalized spacial score (nSPS) is 9.80. The van der Waals surface area contributed by atoms with Gasteiger partial charge in [0.2, 0.25) is 0 Å². The molecule has 1 aromatic carbocycles. The van der Waals surface area contributed by atoms with Crippen molar-refractivity contribution in [2.45, 2.75) is 6.54 Å². The summed E-state index contributed by atoms with van der Waals surface area (Å²) in [7, 11) is 0. The molecule has 2 aromatic rings. The Balaban J connectivity index is 1.91. The Bertz CT molecular complexity index is 596. The van der Waals surface area contributed by atoms with Crippen LogP contribution in [-0.2, 0) is 6.54 Å². The van der Waals surface area contributed by atoms with Crippen molar-refractivity contribution in [1.82, 2.24) is 10.3 Å². The second-order valence-electron chi connectivity index (χ2n) is 4.11. The molecule has 0 saturated heterocycles. The maximum atomic E-state index is 11.8. The van der Waals surface area contributed by atoms with Crippen molar-refractivity contribution in [2.24, 2.45) is 5.73 Å². The monoisotopic (exact) mass is 270 g/mol. The summed E-state index contributed by atoms with van der Waals surface area (Å²) in [6.07, 6.45) is 3.12. The predicted molar refractivity (Wildman–Crippen MR) is 75.1 cm³/mol. The number of hydrogen-bond donors (Lipinski definition) is 3. The topological polar surface area (TPSA) is 97.1 Å². The van der Waals surface area contributed by atoms with E-state index in [1.54, 1.807) is 42.6 Å². The highest BCUT2D eigenvalue weighted by Gasteiger charge is 2.04. The van der Waals surface area contributed by atoms with Crippen LogP contribution >= 0.6 is 0 Å². The third-order valence-corrected chi connectivity index (χ3v) is 2.60. The third-order valence-electron chi connectivity index (χ3n) is 2.60. The van der Waals surface area contributed by atoms with Crippen LogP contribution in [0.2, 0.25) is 0 Å². The molecule has 6 heteroatoms. The van der Waals surface area contributed by atoms with E-state index in [1.165, 1.54) is 6.20 Å². The molecule has 2 rings (SSSR count). The predicted octanol–water partition coefficient (Wildman–Crippen LogP) is 1.50. The Morgan fingerprint density at radius 2 is 1.90 bits per heavy atom. The average molecular weight is 270 g/mol. The van der Waals surface area contributed by atoms with Gasteiger partial charge in [-0.2, -0.15) is 0 Å². The second-order valence-corrected chi connectivity index (χ2v) is 4.11. The molecule has 0 radical (unpaired) electrons. The number of amides is 3. The van der Waals surface area contributed by atoms with Gasteiger partial charge in [0.25, 0.3) is 5.91 Å². The van der Waals surface area contributed by atoms with E-state index >= 15 is 0 Å². The van der Waals surface area contributed by atoms with Crippen LogP contribution in [0.5, 0.6) is 0 Å². The number of hydrogen-bond acceptors (Lipinski definition) is 3. The fourth-order valence-electron chi connectivity index (χ4n) is 1.63. The van der Waals surface area contributed by atoms with Crippen LogP contribution < -0.4 is 16.4 Å². The second kappa shape index (κ2) is 6.33. The van der Waals surface area contributed by atoms with Gasteiger partial charge in [-0.05, 0) is 29.8 Å². The number of carbonyl (C=O) groups excluding carboxylic acids is 2. The molecule has 0 spiro atoms. The Labute approximate surface area is 116 Å². The zero-order valence-electron chi connectivity index (χ0n) is 10.7. The molecule has 1 aromatic heterocycles. The van der Waals surface area contributed by atoms with Gasteiger partial charge in [0, 0.05) is 24.6 Å². The molecule has 1 heterocycles. The highest BCUT2D eigenvalue weighted by Crippen LogP contribution is 2.09. The van der Waals surface area contributed by atoms with Crippen molar-refractivity contribution in [2.75, 3.05) is 5.32 Å². The number of nitrogens with two attached hydrogens (primary N) is 1. The number of anilines is 1. The zero-order valence-corrected chi connectivity index (χ0v) is 10.7. The van der Waals surface area contributed by atoms with Crippen LogP contribution in [0.4, 0.5) is 10.5 Å². The Hall–Kier alpha value is -2.89. The third kappa shape index (κ3) is 3.81. The molecule has 0 saturated carbocycles. The Kier molecular flexibility index (Phi) is 4.28. The summed E-state index contributed by atoms with van der Waals surface area (Å²) in [5.74, 6) is -0.183. The van der Waals surface area contributed by atoms with E-state index < -0.39 is 6.03 Å². The van der Waals surface area contributed by atoms with Crippen molar-refractivity contribution in [1.29, 1.82) is 0 Å². The first-order valence-electron chi connectivity index (χ1n) is 5.99. The van der Waals surface area contributed by atoms with Crippen LogP contribution in [0.15, 0.2) is 48.8 Å². The lowest BCUT2D eigenvalue weighted by Gasteiger charge is -2.06. The molecular weight excluding hydrogens is 256 g/mol. The summed E-state index contributed by atoms with van der Waals surface area (Å²) >= 11 is 0. The molecule has 0 aliphatic heterocycles. The van der Waals surface area contributed by atoms with Crippen LogP contribution in [0, 0.1) is 0 Å². The first-order chi connectivity index (χ1) is 9.65. The van der Waals surface area contributed by atoms with Gasteiger partial charge >= 0.3 is 6.03 Å². The molecule has 0 atom stereocenters. The average Bonchev–Trinajstić information content (AvgIpc) is 2.46. The maximum absolute atomic E-state index is 11.8. The quantitative estimate of drug-likeness (QED) is 0.785. The number of aromatic nitrogens is 1. The van der Waals surface area contributed by atoms with E-state index in [-0.39, 0.29) is 5.91 Å². The van der Waals surface area contributed by atoms with E-state index in [4.69, 9.17) is 5.73 Å². The summed E-state index contributed by atoms with van der Waals surface area (Å²) in [6.45, 7) is 0.393. The lowest BCUT2D eigenvalue weighted by atomic mass is 10.2. The van der Waals surface area contributed by atoms with Crippen molar-refractivity contribution < 1.29 is 9.59 Å². The number of rotatable bonds is 4. The number of urea groups is 1. The van der Waals surface area contributed by atoms with E-state index in [2.05, 4.69) is 15.6 Å². The van der Waals surface area contributed by atoms with Gasteiger partial charge in [0.1, 0.15) is 0 Å². The van der Waals surface area contributed by atoms with E-state index in [9.17, 15) is 9.59 Å². The van der Waals surface area contributed by atoms with Crippen LogP contribution in [-0.4, -0.2) is 16.9 Å². The minimum absolute atomic E-state index is 0.183. The van der Waals surface area contributed by atoms with Gasteiger partial charge in [0.15, 0.2) is 0 Å². The molecule has 0 unspecified atom stereocenters. The van der Waals surface area contributed by atoms with Gasteiger partial charge in [-0.25, -0.2) is 4.79 Å². The molecule has 6 nitrogen and oxygen atoms in total. The lowest BCUT2D eigenvalue weighted by Crippen LogP contribution is -2.23. The summed E-state index contributed by atoms with van der Waals surface area (Å²) in [4.78, 5) is 26.4. The summed E-state index contributed by atoms with van der Waals surface area (Å²) in [6, 6.07) is 9.83. The number of nitrogens with one attached hydrogen (secondary N) is 2. The number of primary amides is 1. The van der Waals surface area contributed by atoms with Crippen molar-refractivity contribution in [3.63, 3.8) is 0 Å². The van der Waals surface area contributed by atoms with E-state index in [0.29, 0.717) is 17.8 Å². The van der Waals surface area contributed by atoms with Crippen LogP contribution in [0.3, 0.4) is 0 Å². The lowest BCUT2D eigenvalue weighted by molar-refractivity contribution is 0.0950. The van der Waals surface area contributed by atoms with E-state index in [1.807, 2.05) is 0 Å². The van der Waals surface area contributed by atoms with Crippen molar-refractivity contribution in [3.8, 4) is 0 Å². The fraction of sp³-hybridized carbons (Fsp3) is 0.0714. The smallest absolute Gasteiger partial charge is 0.316 e. The minimum atomic E-state index is -0.609. The highest BCUT2D eigenvalue weighted by atomic mass is 16.2. The van der Waals surface area contributed by atoms with Gasteiger partial charge in [-0.15, -0.1) is 0 Å². The minimum Gasteiger partial charge on any atom is -0.351 e. The zero-order chi connectivity index (χ0) is 14.4. The first-order valence-corrected chi connectivity index (χ1v) is 5.99. The number of benzene rings is 1. The van der Waals surface area contributed by atoms with E-state index in [0.717, 1.165) is 5.56 Å². The van der Waals surface area contributed by atoms with Crippen LogP contribution in [0.25, 0.3) is 0 Å². The molecular formula is C14H14N4O2. The summed E-state index contributed by atoms with van der Waals surface area (Å²) in [5.41, 5.74) is 7.05. The van der Waals surface area contributed by atoms with Crippen LogP contribution in [0.1, 0.15) is 15.9 Å². The number of nitrogens with zero attached hydrogens (tertiary/aromatic N) is 1. The van der Waals surface area contributed by atoms with Gasteiger partial charge in [-0.3, -0.25) is 9.78 Å². The maximum Gasteiger partial charge on any atom is 0.316 e. The molecule has 20 heavy (non-hydrogen) atoms. The highest BCUT2D eigenvalue weighted by molar-refractivity contribution is 5.93. The molecule has 4 N–H and O–H groups in total. The van der Waals surface area contributed by atoms with Crippen molar-refractivity contribution >= 4 is 17.6 Å². The number of carbonyl (C=O) groups is 2. The standard InChI is InChI=1S/C14H14N4O2/c15-14(20)18-12-5-3-10(4-6-12)8-17-13(19)11-2-1-7-16-9-11/h1-7,9H,8H2,(H,17,19)(H3,15,18,20). The first kappa shape index (κ1) is 13.5.